The van der Waals surface area contributed by atoms with Gasteiger partial charge in [0, 0.05) is 18.7 Å². The van der Waals surface area contributed by atoms with Gasteiger partial charge in [0.05, 0.1) is 0 Å². The average Bonchev–Trinajstić information content (AvgIpc) is 2.88. The summed E-state index contributed by atoms with van der Waals surface area (Å²) in [5.74, 6) is 0.313. The molecule has 1 N–H and O–H groups in total. The molecule has 1 aromatic carbocycles. The smallest absolute Gasteiger partial charge is 0.253 e. The Balaban J connectivity index is 1.64. The molecule has 0 aromatic heterocycles. The van der Waals surface area contributed by atoms with E-state index in [2.05, 4.69) is 0 Å². The second-order valence-corrected chi connectivity index (χ2v) is 6.05. The first-order valence-electron chi connectivity index (χ1n) is 7.27. The van der Waals surface area contributed by atoms with Crippen molar-refractivity contribution in [3.63, 3.8) is 0 Å². The van der Waals surface area contributed by atoms with Crippen LogP contribution < -0.4 is 0 Å². The minimum absolute atomic E-state index is 0.104. The molecular formula is C16H21NO2. The molecule has 0 unspecified atom stereocenters. The molecule has 0 bridgehead atoms. The van der Waals surface area contributed by atoms with Crippen LogP contribution in [0.1, 0.15) is 48.9 Å². The van der Waals surface area contributed by atoms with E-state index in [1.165, 1.54) is 25.7 Å². The van der Waals surface area contributed by atoms with Crippen molar-refractivity contribution in [3.05, 3.63) is 29.8 Å². The third-order valence-electron chi connectivity index (χ3n) is 4.89. The number of phenolic OH excluding ortho intramolecular Hbond substituents is 1. The van der Waals surface area contributed by atoms with E-state index in [0.29, 0.717) is 11.0 Å². The minimum Gasteiger partial charge on any atom is -0.508 e. The van der Waals surface area contributed by atoms with Crippen LogP contribution in [0.3, 0.4) is 0 Å². The van der Waals surface area contributed by atoms with Crippen molar-refractivity contribution >= 4 is 5.91 Å². The fourth-order valence-electron chi connectivity index (χ4n) is 3.60. The molecule has 1 saturated carbocycles. The van der Waals surface area contributed by atoms with Crippen molar-refractivity contribution in [2.24, 2.45) is 5.41 Å². The Bertz CT molecular complexity index is 450. The van der Waals surface area contributed by atoms with Gasteiger partial charge < -0.3 is 10.0 Å². The molecule has 2 aliphatic rings. The Kier molecular flexibility index (Phi) is 3.21. The molecule has 102 valence electrons. The van der Waals surface area contributed by atoms with E-state index in [1.807, 2.05) is 4.90 Å². The summed E-state index contributed by atoms with van der Waals surface area (Å²) in [5.41, 5.74) is 1.23. The number of rotatable bonds is 1. The van der Waals surface area contributed by atoms with Crippen LogP contribution >= 0.6 is 0 Å². The standard InChI is InChI=1S/C16H21NO2/c18-14-5-3-13(4-6-14)15(19)17-11-9-16(10-12-17)7-1-2-8-16/h3-6,18H,1-2,7-12H2. The number of hydrogen-bond acceptors (Lipinski definition) is 2. The number of aromatic hydroxyl groups is 1. The third kappa shape index (κ3) is 2.46. The van der Waals surface area contributed by atoms with Crippen LogP contribution in [0, 0.1) is 5.41 Å². The van der Waals surface area contributed by atoms with E-state index in [4.69, 9.17) is 0 Å². The highest BCUT2D eigenvalue weighted by Crippen LogP contribution is 2.46. The Morgan fingerprint density at radius 1 is 1.00 bits per heavy atom. The predicted octanol–water partition coefficient (Wildman–Crippen LogP) is 3.19. The molecule has 19 heavy (non-hydrogen) atoms. The van der Waals surface area contributed by atoms with Gasteiger partial charge in [0.1, 0.15) is 5.75 Å². The van der Waals surface area contributed by atoms with Crippen molar-refractivity contribution in [3.8, 4) is 5.75 Å². The number of carbonyl (C=O) groups is 1. The van der Waals surface area contributed by atoms with Crippen molar-refractivity contribution in [2.75, 3.05) is 13.1 Å². The number of benzene rings is 1. The normalized spacial score (nSPS) is 21.8. The molecule has 3 nitrogen and oxygen atoms in total. The van der Waals surface area contributed by atoms with Gasteiger partial charge in [-0.1, -0.05) is 12.8 Å². The Labute approximate surface area is 114 Å². The number of carbonyl (C=O) groups excluding carboxylic acids is 1. The zero-order valence-corrected chi connectivity index (χ0v) is 11.3. The molecule has 1 amide bonds. The summed E-state index contributed by atoms with van der Waals surface area (Å²) < 4.78 is 0. The van der Waals surface area contributed by atoms with E-state index in [0.717, 1.165) is 25.9 Å². The van der Waals surface area contributed by atoms with Gasteiger partial charge in [-0.2, -0.15) is 0 Å². The summed E-state index contributed by atoms with van der Waals surface area (Å²) in [4.78, 5) is 14.3. The van der Waals surface area contributed by atoms with E-state index >= 15 is 0 Å². The largest absolute Gasteiger partial charge is 0.508 e. The number of likely N-dealkylation sites (tertiary alicyclic amines) is 1. The number of phenols is 1. The molecular weight excluding hydrogens is 238 g/mol. The van der Waals surface area contributed by atoms with Gasteiger partial charge in [0.15, 0.2) is 0 Å². The summed E-state index contributed by atoms with van der Waals surface area (Å²) in [6.45, 7) is 1.78. The molecule has 0 atom stereocenters. The lowest BCUT2D eigenvalue weighted by molar-refractivity contribution is 0.0587. The maximum absolute atomic E-state index is 12.4. The molecule has 0 radical (unpaired) electrons. The molecule has 1 aliphatic heterocycles. The summed E-state index contributed by atoms with van der Waals surface area (Å²) in [5, 5.41) is 9.26. The molecule has 1 aliphatic carbocycles. The summed E-state index contributed by atoms with van der Waals surface area (Å²) in [7, 11) is 0. The van der Waals surface area contributed by atoms with E-state index < -0.39 is 0 Å². The van der Waals surface area contributed by atoms with Crippen LogP contribution in [0.25, 0.3) is 0 Å². The van der Waals surface area contributed by atoms with Crippen LogP contribution in [-0.2, 0) is 0 Å². The third-order valence-corrected chi connectivity index (χ3v) is 4.89. The van der Waals surface area contributed by atoms with E-state index in [-0.39, 0.29) is 11.7 Å². The first-order chi connectivity index (χ1) is 9.19. The van der Waals surface area contributed by atoms with Crippen molar-refractivity contribution in [1.82, 2.24) is 4.90 Å². The highest BCUT2D eigenvalue weighted by molar-refractivity contribution is 5.94. The van der Waals surface area contributed by atoms with Gasteiger partial charge in [-0.25, -0.2) is 0 Å². The second kappa shape index (κ2) is 4.87. The number of piperidine rings is 1. The first-order valence-corrected chi connectivity index (χ1v) is 7.27. The van der Waals surface area contributed by atoms with Gasteiger partial charge in [0.2, 0.25) is 0 Å². The Morgan fingerprint density at radius 2 is 1.58 bits per heavy atom. The Morgan fingerprint density at radius 3 is 2.16 bits per heavy atom. The SMILES string of the molecule is O=C(c1ccc(O)cc1)N1CCC2(CCCC2)CC1. The molecule has 2 fully saturated rings. The minimum atomic E-state index is 0.104. The van der Waals surface area contributed by atoms with Gasteiger partial charge in [-0.3, -0.25) is 4.79 Å². The van der Waals surface area contributed by atoms with Crippen LogP contribution in [0.2, 0.25) is 0 Å². The molecule has 1 saturated heterocycles. The lowest BCUT2D eigenvalue weighted by Gasteiger charge is -2.39. The number of hydrogen-bond donors (Lipinski definition) is 1. The monoisotopic (exact) mass is 259 g/mol. The quantitative estimate of drug-likeness (QED) is 0.841. The zero-order chi connectivity index (χ0) is 13.3. The predicted molar refractivity (Wildman–Crippen MR) is 74.1 cm³/mol. The van der Waals surface area contributed by atoms with Crippen LogP contribution in [0.4, 0.5) is 0 Å². The van der Waals surface area contributed by atoms with Gasteiger partial charge in [-0.05, 0) is 55.4 Å². The average molecular weight is 259 g/mol. The van der Waals surface area contributed by atoms with Gasteiger partial charge in [-0.15, -0.1) is 0 Å². The molecule has 3 rings (SSSR count). The van der Waals surface area contributed by atoms with Crippen LogP contribution in [-0.4, -0.2) is 29.0 Å². The first kappa shape index (κ1) is 12.5. The molecule has 1 spiro atoms. The lowest BCUT2D eigenvalue weighted by Crippen LogP contribution is -2.42. The highest BCUT2D eigenvalue weighted by Gasteiger charge is 2.37. The van der Waals surface area contributed by atoms with Gasteiger partial charge >= 0.3 is 0 Å². The zero-order valence-electron chi connectivity index (χ0n) is 11.3. The van der Waals surface area contributed by atoms with Crippen molar-refractivity contribution < 1.29 is 9.90 Å². The Hall–Kier alpha value is -1.51. The molecule has 1 heterocycles. The topological polar surface area (TPSA) is 40.5 Å². The fraction of sp³-hybridized carbons (Fsp3) is 0.562. The number of nitrogens with zero attached hydrogens (tertiary/aromatic N) is 1. The van der Waals surface area contributed by atoms with Gasteiger partial charge in [0.25, 0.3) is 5.91 Å². The van der Waals surface area contributed by atoms with E-state index in [9.17, 15) is 9.90 Å². The fourth-order valence-corrected chi connectivity index (χ4v) is 3.60. The highest BCUT2D eigenvalue weighted by atomic mass is 16.3. The summed E-state index contributed by atoms with van der Waals surface area (Å²) in [6, 6.07) is 6.57. The molecule has 1 aromatic rings. The van der Waals surface area contributed by atoms with Crippen molar-refractivity contribution in [1.29, 1.82) is 0 Å². The molecule has 3 heteroatoms. The van der Waals surface area contributed by atoms with Crippen molar-refractivity contribution in [2.45, 2.75) is 38.5 Å². The second-order valence-electron chi connectivity index (χ2n) is 6.05. The van der Waals surface area contributed by atoms with Crippen LogP contribution in [0.15, 0.2) is 24.3 Å². The number of amides is 1. The van der Waals surface area contributed by atoms with E-state index in [1.54, 1.807) is 24.3 Å². The lowest BCUT2D eigenvalue weighted by atomic mass is 9.77. The van der Waals surface area contributed by atoms with Crippen LogP contribution in [0.5, 0.6) is 5.75 Å². The summed E-state index contributed by atoms with van der Waals surface area (Å²) >= 11 is 0. The summed E-state index contributed by atoms with van der Waals surface area (Å²) in [6.07, 6.45) is 7.77. The maximum atomic E-state index is 12.4. The maximum Gasteiger partial charge on any atom is 0.253 e.